The van der Waals surface area contributed by atoms with Gasteiger partial charge in [0, 0.05) is 26.1 Å². The van der Waals surface area contributed by atoms with E-state index in [1.165, 1.54) is 12.1 Å². The summed E-state index contributed by atoms with van der Waals surface area (Å²) in [7, 11) is 0. The third-order valence-electron chi connectivity index (χ3n) is 6.39. The molecule has 2 aliphatic rings. The lowest BCUT2D eigenvalue weighted by Crippen LogP contribution is -2.42. The third-order valence-corrected chi connectivity index (χ3v) is 6.39. The van der Waals surface area contributed by atoms with Crippen LogP contribution in [0.5, 0.6) is 11.5 Å². The average Bonchev–Trinajstić information content (AvgIpc) is 2.75. The van der Waals surface area contributed by atoms with Crippen molar-refractivity contribution in [3.05, 3.63) is 58.9 Å². The van der Waals surface area contributed by atoms with E-state index in [1.54, 1.807) is 12.1 Å². The van der Waals surface area contributed by atoms with E-state index in [2.05, 4.69) is 0 Å². The normalized spacial score (nSPS) is 18.7. The highest BCUT2D eigenvalue weighted by Gasteiger charge is 2.46. The van der Waals surface area contributed by atoms with Gasteiger partial charge >= 0.3 is 0 Å². The van der Waals surface area contributed by atoms with Crippen LogP contribution in [0.1, 0.15) is 55.2 Å². The van der Waals surface area contributed by atoms with Gasteiger partial charge in [-0.15, -0.1) is 0 Å². The number of hydrogen-bond donors (Lipinski definition) is 0. The highest BCUT2D eigenvalue weighted by atomic mass is 19.1. The zero-order chi connectivity index (χ0) is 22.0. The van der Waals surface area contributed by atoms with Crippen LogP contribution < -0.4 is 4.74 Å². The molecule has 0 radical (unpaired) electrons. The lowest BCUT2D eigenvalue weighted by atomic mass is 9.63. The highest BCUT2D eigenvalue weighted by molar-refractivity contribution is 6.10. The summed E-state index contributed by atoms with van der Waals surface area (Å²) in [5, 5.41) is 8.89. The van der Waals surface area contributed by atoms with Gasteiger partial charge in [-0.25, -0.2) is 4.39 Å². The predicted octanol–water partition coefficient (Wildman–Crippen LogP) is 4.86. The smallest absolute Gasteiger partial charge is 0.167 e. The molecule has 1 spiro atoms. The molecule has 1 heterocycles. The quantitative estimate of drug-likeness (QED) is 0.659. The first-order chi connectivity index (χ1) is 14.9. The second-order valence-electron chi connectivity index (χ2n) is 8.40. The van der Waals surface area contributed by atoms with E-state index in [0.717, 1.165) is 24.5 Å². The van der Waals surface area contributed by atoms with Crippen LogP contribution >= 0.6 is 0 Å². The molecule has 0 atom stereocenters. The van der Waals surface area contributed by atoms with E-state index in [1.807, 2.05) is 19.1 Å². The molecule has 0 N–H and O–H groups in total. The topological polar surface area (TPSA) is 76.4 Å². The zero-order valence-corrected chi connectivity index (χ0v) is 17.4. The van der Waals surface area contributed by atoms with Crippen molar-refractivity contribution < 1.29 is 23.5 Å². The number of carbonyl (C=O) groups is 2. The molecule has 2 aromatic carbocycles. The molecule has 1 saturated heterocycles. The van der Waals surface area contributed by atoms with Gasteiger partial charge in [-0.05, 0) is 66.1 Å². The number of ether oxygens (including phenoxy) is 2. The van der Waals surface area contributed by atoms with E-state index in [9.17, 15) is 14.0 Å². The van der Waals surface area contributed by atoms with Crippen molar-refractivity contribution in [3.8, 4) is 17.6 Å². The molecule has 0 bridgehead atoms. The monoisotopic (exact) mass is 421 g/mol. The van der Waals surface area contributed by atoms with Crippen LogP contribution in [0.3, 0.4) is 0 Å². The molecule has 2 fully saturated rings. The zero-order valence-electron chi connectivity index (χ0n) is 17.4. The Morgan fingerprint density at radius 1 is 1.13 bits per heavy atom. The predicted molar refractivity (Wildman–Crippen MR) is 111 cm³/mol. The maximum atomic E-state index is 14.3. The molecule has 160 valence electrons. The number of halogens is 1. The first kappa shape index (κ1) is 21.2. The Bertz CT molecular complexity index is 1050. The van der Waals surface area contributed by atoms with Crippen molar-refractivity contribution in [1.82, 2.24) is 0 Å². The number of Topliss-reactive ketones (excluding diaryl/α,β-unsaturated/α-hetero) is 2. The summed E-state index contributed by atoms with van der Waals surface area (Å²) < 4.78 is 25.4. The van der Waals surface area contributed by atoms with Crippen LogP contribution in [0.4, 0.5) is 4.39 Å². The van der Waals surface area contributed by atoms with Gasteiger partial charge in [0.2, 0.25) is 0 Å². The lowest BCUT2D eigenvalue weighted by molar-refractivity contribution is -0.139. The molecular weight excluding hydrogens is 397 g/mol. The van der Waals surface area contributed by atoms with Crippen molar-refractivity contribution in [2.75, 3.05) is 13.2 Å². The maximum Gasteiger partial charge on any atom is 0.167 e. The summed E-state index contributed by atoms with van der Waals surface area (Å²) in [4.78, 5) is 26.3. The fourth-order valence-electron chi connectivity index (χ4n) is 4.70. The Kier molecular flexibility index (Phi) is 5.88. The van der Waals surface area contributed by atoms with E-state index >= 15 is 0 Å². The van der Waals surface area contributed by atoms with Gasteiger partial charge < -0.3 is 9.47 Å². The van der Waals surface area contributed by atoms with Crippen molar-refractivity contribution >= 4 is 11.6 Å². The van der Waals surface area contributed by atoms with Crippen molar-refractivity contribution in [3.63, 3.8) is 0 Å². The fourth-order valence-corrected chi connectivity index (χ4v) is 4.70. The van der Waals surface area contributed by atoms with Crippen LogP contribution in [-0.2, 0) is 20.7 Å². The highest BCUT2D eigenvalue weighted by Crippen LogP contribution is 2.46. The van der Waals surface area contributed by atoms with Gasteiger partial charge in [-0.1, -0.05) is 13.0 Å². The fraction of sp³-hybridized carbons (Fsp3) is 0.400. The van der Waals surface area contributed by atoms with Gasteiger partial charge in [0.25, 0.3) is 0 Å². The molecule has 2 aromatic rings. The summed E-state index contributed by atoms with van der Waals surface area (Å²) in [5.74, 6) is -1.24. The maximum absolute atomic E-state index is 14.3. The third kappa shape index (κ3) is 4.24. The minimum atomic E-state index is -0.808. The Balaban J connectivity index is 1.63. The lowest BCUT2D eigenvalue weighted by Gasteiger charge is -2.41. The van der Waals surface area contributed by atoms with Gasteiger partial charge in [-0.3, -0.25) is 9.59 Å². The Morgan fingerprint density at radius 2 is 1.84 bits per heavy atom. The average molecular weight is 421 g/mol. The van der Waals surface area contributed by atoms with Crippen LogP contribution in [0, 0.1) is 22.6 Å². The minimum absolute atomic E-state index is 0.0170. The van der Waals surface area contributed by atoms with E-state index in [4.69, 9.17) is 14.7 Å². The molecule has 6 heteroatoms. The van der Waals surface area contributed by atoms with E-state index < -0.39 is 11.7 Å². The first-order valence-corrected chi connectivity index (χ1v) is 10.6. The summed E-state index contributed by atoms with van der Waals surface area (Å²) >= 11 is 0. The number of benzene rings is 2. The number of nitrogens with zero attached hydrogens (tertiary/aromatic N) is 1. The Labute approximate surface area is 180 Å². The first-order valence-electron chi connectivity index (χ1n) is 10.6. The SMILES string of the molecule is CCc1ccc(Oc2ccc(C#N)cc2F)cc1C1C(=O)CC2(CCOCC2)CC1=O. The molecule has 0 amide bonds. The number of carbonyl (C=O) groups excluding carboxylic acids is 2. The second-order valence-corrected chi connectivity index (χ2v) is 8.40. The minimum Gasteiger partial charge on any atom is -0.454 e. The van der Waals surface area contributed by atoms with Crippen molar-refractivity contribution in [2.24, 2.45) is 5.41 Å². The largest absolute Gasteiger partial charge is 0.454 e. The number of hydrogen-bond acceptors (Lipinski definition) is 5. The molecule has 1 aliphatic heterocycles. The number of rotatable bonds is 4. The van der Waals surface area contributed by atoms with Gasteiger partial charge in [0.05, 0.1) is 11.6 Å². The van der Waals surface area contributed by atoms with Gasteiger partial charge in [-0.2, -0.15) is 5.26 Å². The summed E-state index contributed by atoms with van der Waals surface area (Å²) in [5.41, 5.74) is 1.48. The Hall–Kier alpha value is -3.04. The standard InChI is InChI=1S/C25H24FNO4/c1-2-17-4-5-18(31-23-6-3-16(15-27)11-20(23)26)12-19(17)24-21(28)13-25(14-22(24)29)7-9-30-10-8-25/h3-6,11-12,24H,2,7-10,13-14H2,1H3. The van der Waals surface area contributed by atoms with E-state index in [0.29, 0.717) is 43.8 Å². The molecule has 4 rings (SSSR count). The molecule has 0 aromatic heterocycles. The van der Waals surface area contributed by atoms with Crippen LogP contribution in [0.15, 0.2) is 36.4 Å². The number of aryl methyl sites for hydroxylation is 1. The summed E-state index contributed by atoms with van der Waals surface area (Å²) in [6, 6.07) is 11.1. The molecule has 1 aliphatic carbocycles. The van der Waals surface area contributed by atoms with E-state index in [-0.39, 0.29) is 28.3 Å². The van der Waals surface area contributed by atoms with Crippen molar-refractivity contribution in [1.29, 1.82) is 5.26 Å². The summed E-state index contributed by atoms with van der Waals surface area (Å²) in [6.07, 6.45) is 2.89. The Morgan fingerprint density at radius 3 is 2.45 bits per heavy atom. The van der Waals surface area contributed by atoms with Crippen molar-refractivity contribution in [2.45, 2.75) is 44.9 Å². The number of ketones is 2. The second kappa shape index (κ2) is 8.60. The molecule has 5 nitrogen and oxygen atoms in total. The molecular formula is C25H24FNO4. The van der Waals surface area contributed by atoms with Crippen LogP contribution in [0.25, 0.3) is 0 Å². The molecule has 31 heavy (non-hydrogen) atoms. The van der Waals surface area contributed by atoms with Gasteiger partial charge in [0.15, 0.2) is 11.6 Å². The van der Waals surface area contributed by atoms with Crippen LogP contribution in [-0.4, -0.2) is 24.8 Å². The molecule has 1 saturated carbocycles. The number of nitriles is 1. The van der Waals surface area contributed by atoms with Gasteiger partial charge in [0.1, 0.15) is 23.2 Å². The van der Waals surface area contributed by atoms with Crippen LogP contribution in [0.2, 0.25) is 0 Å². The summed E-state index contributed by atoms with van der Waals surface area (Å²) in [6.45, 7) is 3.15. The molecule has 0 unspecified atom stereocenters.